The lowest BCUT2D eigenvalue weighted by atomic mass is 9.73. The number of ether oxygens (including phenoxy) is 1. The van der Waals surface area contributed by atoms with Crippen molar-refractivity contribution in [2.24, 2.45) is 17.3 Å². The fraction of sp³-hybridized carbons (Fsp3) is 0.562. The fourth-order valence-electron chi connectivity index (χ4n) is 2.29. The van der Waals surface area contributed by atoms with Crippen molar-refractivity contribution in [1.82, 2.24) is 0 Å². The molecule has 0 N–H and O–H groups in total. The minimum Gasteiger partial charge on any atom is -0.420 e. The highest BCUT2D eigenvalue weighted by Gasteiger charge is 2.40. The molecule has 1 unspecified atom stereocenters. The molecular weight excluding hydrogens is 319 g/mol. The van der Waals surface area contributed by atoms with Gasteiger partial charge >= 0.3 is 5.97 Å². The molecule has 1 rings (SSSR count). The number of esters is 1. The highest BCUT2D eigenvalue weighted by Crippen LogP contribution is 2.37. The van der Waals surface area contributed by atoms with Crippen LogP contribution in [0.1, 0.15) is 41.0 Å². The topological polar surface area (TPSA) is 26.3 Å². The monoisotopic (exact) mass is 338 g/mol. The Balaban J connectivity index is 3.29. The lowest BCUT2D eigenvalue weighted by Crippen LogP contribution is -2.38. The van der Waals surface area contributed by atoms with Gasteiger partial charge in [0.05, 0.1) is 5.41 Å². The van der Waals surface area contributed by atoms with Crippen molar-refractivity contribution in [3.8, 4) is 5.75 Å². The van der Waals surface area contributed by atoms with Crippen LogP contribution in [0, 0.1) is 46.3 Å². The minimum atomic E-state index is -2.30. The Kier molecular flexibility index (Phi) is 5.77. The van der Waals surface area contributed by atoms with Gasteiger partial charge in [0.25, 0.3) is 0 Å². The second kappa shape index (κ2) is 6.84. The number of carbonyl (C=O) groups is 1. The number of carbonyl (C=O) groups excluding carboxylic acids is 1. The molecule has 7 heteroatoms. The third-order valence-electron chi connectivity index (χ3n) is 3.94. The van der Waals surface area contributed by atoms with Crippen molar-refractivity contribution in [3.63, 3.8) is 0 Å². The van der Waals surface area contributed by atoms with Crippen molar-refractivity contribution < 1.29 is 31.5 Å². The molecule has 0 fully saturated rings. The van der Waals surface area contributed by atoms with E-state index in [1.165, 1.54) is 6.92 Å². The molecule has 0 aliphatic carbocycles. The quantitative estimate of drug-likeness (QED) is 0.248. The zero-order chi connectivity index (χ0) is 18.1. The highest BCUT2D eigenvalue weighted by atomic mass is 19.2. The van der Waals surface area contributed by atoms with Crippen LogP contribution in [0.2, 0.25) is 0 Å². The second-order valence-electron chi connectivity index (χ2n) is 6.46. The SMILES string of the molecule is CC(C)CC(C)(C(=O)Oc1c(F)c(F)c(F)c(F)c1F)C(C)C. The third kappa shape index (κ3) is 3.64. The van der Waals surface area contributed by atoms with Crippen LogP contribution in [0.4, 0.5) is 22.0 Å². The van der Waals surface area contributed by atoms with Crippen molar-refractivity contribution in [3.05, 3.63) is 29.1 Å². The van der Waals surface area contributed by atoms with Gasteiger partial charge in [0.15, 0.2) is 0 Å². The first kappa shape index (κ1) is 19.4. The maximum Gasteiger partial charge on any atom is 0.317 e. The summed E-state index contributed by atoms with van der Waals surface area (Å²) >= 11 is 0. The maximum absolute atomic E-state index is 13.6. The Labute approximate surface area is 131 Å². The van der Waals surface area contributed by atoms with Gasteiger partial charge in [-0.3, -0.25) is 4.79 Å². The van der Waals surface area contributed by atoms with Gasteiger partial charge in [-0.05, 0) is 25.2 Å². The van der Waals surface area contributed by atoms with Gasteiger partial charge in [0.1, 0.15) is 0 Å². The summed E-state index contributed by atoms with van der Waals surface area (Å²) in [5.74, 6) is -13.7. The van der Waals surface area contributed by atoms with Gasteiger partial charge in [-0.25, -0.2) is 13.2 Å². The largest absolute Gasteiger partial charge is 0.420 e. The molecule has 2 nitrogen and oxygen atoms in total. The van der Waals surface area contributed by atoms with Crippen molar-refractivity contribution >= 4 is 5.97 Å². The standard InChI is InChI=1S/C16H19F5O2/c1-7(2)6-16(5,8(3)4)15(22)23-14-12(20)10(18)9(17)11(19)13(14)21/h7-8H,6H2,1-5H3. The molecule has 23 heavy (non-hydrogen) atoms. The molecule has 0 aromatic heterocycles. The van der Waals surface area contributed by atoms with Crippen LogP contribution in [0.25, 0.3) is 0 Å². The van der Waals surface area contributed by atoms with E-state index in [9.17, 15) is 26.7 Å². The molecular formula is C16H19F5O2. The number of halogens is 5. The molecule has 1 aromatic rings. The summed E-state index contributed by atoms with van der Waals surface area (Å²) < 4.78 is 71.2. The number of benzene rings is 1. The van der Waals surface area contributed by atoms with Gasteiger partial charge in [-0.2, -0.15) is 8.78 Å². The predicted molar refractivity (Wildman–Crippen MR) is 74.3 cm³/mol. The van der Waals surface area contributed by atoms with Crippen LogP contribution >= 0.6 is 0 Å². The highest BCUT2D eigenvalue weighted by molar-refractivity contribution is 5.79. The van der Waals surface area contributed by atoms with E-state index in [4.69, 9.17) is 0 Å². The minimum absolute atomic E-state index is 0.0614. The van der Waals surface area contributed by atoms with Crippen molar-refractivity contribution in [2.75, 3.05) is 0 Å². The van der Waals surface area contributed by atoms with E-state index < -0.39 is 46.2 Å². The Morgan fingerprint density at radius 3 is 1.65 bits per heavy atom. The first-order valence-electron chi connectivity index (χ1n) is 7.17. The van der Waals surface area contributed by atoms with E-state index in [2.05, 4.69) is 4.74 Å². The van der Waals surface area contributed by atoms with Crippen molar-refractivity contribution in [1.29, 1.82) is 0 Å². The Hall–Kier alpha value is -1.66. The molecule has 0 radical (unpaired) electrons. The van der Waals surface area contributed by atoms with Crippen LogP contribution in [-0.4, -0.2) is 5.97 Å². The summed E-state index contributed by atoms with van der Waals surface area (Å²) in [6.45, 7) is 8.63. The number of hydrogen-bond donors (Lipinski definition) is 0. The summed E-state index contributed by atoms with van der Waals surface area (Å²) in [6.07, 6.45) is 0.332. The van der Waals surface area contributed by atoms with E-state index in [0.29, 0.717) is 6.42 Å². The average molecular weight is 338 g/mol. The van der Waals surface area contributed by atoms with Crippen molar-refractivity contribution in [2.45, 2.75) is 41.0 Å². The average Bonchev–Trinajstić information content (AvgIpc) is 2.46. The lowest BCUT2D eigenvalue weighted by molar-refractivity contribution is -0.149. The molecule has 0 aliphatic rings. The van der Waals surface area contributed by atoms with Crippen LogP contribution in [0.5, 0.6) is 5.75 Å². The second-order valence-corrected chi connectivity index (χ2v) is 6.46. The molecule has 130 valence electrons. The summed E-state index contributed by atoms with van der Waals surface area (Å²) in [6, 6.07) is 0. The zero-order valence-electron chi connectivity index (χ0n) is 13.6. The Bertz CT molecular complexity index is 584. The molecule has 0 aliphatic heterocycles. The van der Waals surface area contributed by atoms with E-state index in [-0.39, 0.29) is 11.8 Å². The third-order valence-corrected chi connectivity index (χ3v) is 3.94. The molecule has 0 amide bonds. The molecule has 0 bridgehead atoms. The molecule has 0 heterocycles. The van der Waals surface area contributed by atoms with Gasteiger partial charge < -0.3 is 4.74 Å². The summed E-state index contributed by atoms with van der Waals surface area (Å²) in [7, 11) is 0. The number of rotatable bonds is 5. The lowest BCUT2D eigenvalue weighted by Gasteiger charge is -2.32. The van der Waals surface area contributed by atoms with E-state index in [1.54, 1.807) is 13.8 Å². The zero-order valence-corrected chi connectivity index (χ0v) is 13.6. The van der Waals surface area contributed by atoms with Gasteiger partial charge in [-0.1, -0.05) is 27.7 Å². The van der Waals surface area contributed by atoms with Gasteiger partial charge in [0, 0.05) is 0 Å². The summed E-state index contributed by atoms with van der Waals surface area (Å²) in [5.41, 5.74) is -1.13. The fourth-order valence-corrected chi connectivity index (χ4v) is 2.29. The number of hydrogen-bond acceptors (Lipinski definition) is 2. The van der Waals surface area contributed by atoms with Crippen LogP contribution in [0.15, 0.2) is 0 Å². The van der Waals surface area contributed by atoms with Crippen LogP contribution < -0.4 is 4.74 Å². The first-order valence-corrected chi connectivity index (χ1v) is 7.17. The van der Waals surface area contributed by atoms with Crippen LogP contribution in [0.3, 0.4) is 0 Å². The molecule has 1 aromatic carbocycles. The first-order chi connectivity index (χ1) is 10.4. The van der Waals surface area contributed by atoms with E-state index in [0.717, 1.165) is 0 Å². The van der Waals surface area contributed by atoms with E-state index >= 15 is 0 Å². The normalized spacial score (nSPS) is 14.3. The van der Waals surface area contributed by atoms with E-state index in [1.807, 2.05) is 13.8 Å². The van der Waals surface area contributed by atoms with Gasteiger partial charge in [-0.15, -0.1) is 0 Å². The Morgan fingerprint density at radius 2 is 1.30 bits per heavy atom. The molecule has 0 spiro atoms. The summed E-state index contributed by atoms with van der Waals surface area (Å²) in [5, 5.41) is 0. The predicted octanol–water partition coefficient (Wildman–Crippen LogP) is 5.00. The molecule has 1 atom stereocenters. The maximum atomic E-state index is 13.6. The molecule has 0 saturated heterocycles. The van der Waals surface area contributed by atoms with Gasteiger partial charge in [0.2, 0.25) is 34.8 Å². The Morgan fingerprint density at radius 1 is 0.913 bits per heavy atom. The molecule has 0 saturated carbocycles. The van der Waals surface area contributed by atoms with Crippen LogP contribution in [-0.2, 0) is 4.79 Å². The summed E-state index contributed by atoms with van der Waals surface area (Å²) in [4.78, 5) is 12.3. The smallest absolute Gasteiger partial charge is 0.317 e.